The molecule has 83 heavy (non-hydrogen) atoms. The number of hydrogen-bond acceptors (Lipinski definition) is 6. The van der Waals surface area contributed by atoms with Crippen LogP contribution in [0.25, 0.3) is 0 Å². The molecule has 6 nitrogen and oxygen atoms in total. The molecule has 0 fully saturated rings. The van der Waals surface area contributed by atoms with Gasteiger partial charge >= 0.3 is 17.9 Å². The number of esters is 3. The van der Waals surface area contributed by atoms with Gasteiger partial charge in [0.2, 0.25) is 0 Å². The maximum atomic E-state index is 12.9. The molecule has 0 N–H and O–H groups in total. The second-order valence-corrected chi connectivity index (χ2v) is 23.4. The van der Waals surface area contributed by atoms with Gasteiger partial charge in [-0.25, -0.2) is 0 Å². The molecule has 0 bridgehead atoms. The first kappa shape index (κ1) is 79.1. The standard InChI is InChI=1S/C77H132O6/c1-4-7-10-13-16-19-22-25-27-29-31-33-35-36-37-38-39-40-42-43-45-47-49-52-55-58-61-64-67-70-76(79)82-73-74(72-81-75(78)69-66-63-60-57-54-51-24-21-18-15-12-9-6-3)83-77(80)71-68-65-62-59-56-53-50-48-46-44-41-34-32-30-28-26-23-20-17-14-11-8-5-2/h8,11,17,20-21,24,26,28-29,31-32,34,44,46,50,53,59,62,74H,4-7,9-10,12-16,18-19,22-23,25,27,30,33,35-43,45,47-49,51-52,54-58,60-61,63-73H2,1-3H3/b11-8-,20-17-,24-21-,28-26-,31-29-,34-32-,46-44-,53-50-,62-59-. The topological polar surface area (TPSA) is 78.9 Å². The zero-order chi connectivity index (χ0) is 59.9. The van der Waals surface area contributed by atoms with Crippen molar-refractivity contribution >= 4 is 17.9 Å². The number of ether oxygens (including phenoxy) is 3. The van der Waals surface area contributed by atoms with E-state index in [4.69, 9.17) is 14.2 Å². The first-order valence-electron chi connectivity index (χ1n) is 35.4. The van der Waals surface area contributed by atoms with E-state index >= 15 is 0 Å². The molecular formula is C77H132O6. The molecule has 0 aliphatic rings. The van der Waals surface area contributed by atoms with Gasteiger partial charge < -0.3 is 14.2 Å². The lowest BCUT2D eigenvalue weighted by Gasteiger charge is -2.18. The van der Waals surface area contributed by atoms with E-state index in [2.05, 4.69) is 130 Å². The first-order chi connectivity index (χ1) is 41.0. The number of carbonyl (C=O) groups excluding carboxylic acids is 3. The fraction of sp³-hybridized carbons (Fsp3) is 0.727. The lowest BCUT2D eigenvalue weighted by molar-refractivity contribution is -0.167. The summed E-state index contributed by atoms with van der Waals surface area (Å²) in [5.41, 5.74) is 0. The van der Waals surface area contributed by atoms with Gasteiger partial charge in [-0.3, -0.25) is 14.4 Å². The fourth-order valence-electron chi connectivity index (χ4n) is 9.95. The maximum Gasteiger partial charge on any atom is 0.306 e. The Morgan fingerprint density at radius 1 is 0.253 bits per heavy atom. The third kappa shape index (κ3) is 68.7. The highest BCUT2D eigenvalue weighted by Gasteiger charge is 2.19. The van der Waals surface area contributed by atoms with Crippen molar-refractivity contribution in [3.05, 3.63) is 109 Å². The van der Waals surface area contributed by atoms with Crippen LogP contribution in [-0.2, 0) is 28.6 Å². The van der Waals surface area contributed by atoms with Crippen LogP contribution in [0.4, 0.5) is 0 Å². The summed E-state index contributed by atoms with van der Waals surface area (Å²) in [6.07, 6.45) is 97.0. The summed E-state index contributed by atoms with van der Waals surface area (Å²) < 4.78 is 16.9. The van der Waals surface area contributed by atoms with Crippen molar-refractivity contribution in [2.75, 3.05) is 13.2 Å². The van der Waals surface area contributed by atoms with Crippen LogP contribution < -0.4 is 0 Å². The molecule has 0 spiro atoms. The molecule has 476 valence electrons. The molecule has 1 atom stereocenters. The van der Waals surface area contributed by atoms with Crippen molar-refractivity contribution in [2.45, 2.75) is 348 Å². The van der Waals surface area contributed by atoms with Gasteiger partial charge in [-0.2, -0.15) is 0 Å². The van der Waals surface area contributed by atoms with Crippen LogP contribution in [0, 0.1) is 0 Å². The van der Waals surface area contributed by atoms with Crippen molar-refractivity contribution in [1.29, 1.82) is 0 Å². The van der Waals surface area contributed by atoms with Gasteiger partial charge in [0.25, 0.3) is 0 Å². The molecule has 0 saturated carbocycles. The summed E-state index contributed by atoms with van der Waals surface area (Å²) in [7, 11) is 0. The number of allylic oxidation sites excluding steroid dienone is 18. The maximum absolute atomic E-state index is 12.9. The van der Waals surface area contributed by atoms with E-state index in [1.165, 1.54) is 193 Å². The second kappa shape index (κ2) is 70.6. The van der Waals surface area contributed by atoms with Crippen LogP contribution in [-0.4, -0.2) is 37.2 Å². The highest BCUT2D eigenvalue weighted by Crippen LogP contribution is 2.17. The zero-order valence-electron chi connectivity index (χ0n) is 54.7. The molecule has 0 aromatic rings. The Bertz CT molecular complexity index is 1660. The molecule has 0 aliphatic carbocycles. The predicted octanol–water partition coefficient (Wildman–Crippen LogP) is 24.6. The van der Waals surface area contributed by atoms with Gasteiger partial charge in [0.1, 0.15) is 13.2 Å². The molecule has 6 heteroatoms. The van der Waals surface area contributed by atoms with Crippen LogP contribution in [0.3, 0.4) is 0 Å². The molecule has 0 saturated heterocycles. The highest BCUT2D eigenvalue weighted by molar-refractivity contribution is 5.71. The molecule has 0 aromatic heterocycles. The summed E-state index contributed by atoms with van der Waals surface area (Å²) in [5.74, 6) is -0.960. The number of carbonyl (C=O) groups is 3. The van der Waals surface area contributed by atoms with E-state index in [9.17, 15) is 14.4 Å². The molecular weight excluding hydrogens is 1020 g/mol. The van der Waals surface area contributed by atoms with E-state index in [0.717, 1.165) is 103 Å². The van der Waals surface area contributed by atoms with Crippen LogP contribution in [0.1, 0.15) is 342 Å². The molecule has 0 radical (unpaired) electrons. The first-order valence-corrected chi connectivity index (χ1v) is 35.4. The van der Waals surface area contributed by atoms with Crippen LogP contribution in [0.15, 0.2) is 109 Å². The van der Waals surface area contributed by atoms with E-state index in [1.807, 2.05) is 0 Å². The minimum atomic E-state index is -0.814. The molecule has 0 aromatic carbocycles. The van der Waals surface area contributed by atoms with Crippen LogP contribution in [0.2, 0.25) is 0 Å². The van der Waals surface area contributed by atoms with E-state index in [1.54, 1.807) is 0 Å². The Kier molecular flexibility index (Phi) is 67.2. The fourth-order valence-corrected chi connectivity index (χ4v) is 9.95. The van der Waals surface area contributed by atoms with Crippen molar-refractivity contribution < 1.29 is 28.6 Å². The van der Waals surface area contributed by atoms with Crippen molar-refractivity contribution in [2.24, 2.45) is 0 Å². The number of unbranched alkanes of at least 4 members (excludes halogenated alkanes) is 35. The lowest BCUT2D eigenvalue weighted by atomic mass is 10.0. The highest BCUT2D eigenvalue weighted by atomic mass is 16.6. The van der Waals surface area contributed by atoms with E-state index < -0.39 is 6.10 Å². The van der Waals surface area contributed by atoms with Crippen molar-refractivity contribution in [1.82, 2.24) is 0 Å². The van der Waals surface area contributed by atoms with E-state index in [-0.39, 0.29) is 37.5 Å². The van der Waals surface area contributed by atoms with Gasteiger partial charge in [0.15, 0.2) is 6.10 Å². The minimum absolute atomic E-state index is 0.103. The average Bonchev–Trinajstić information content (AvgIpc) is 3.49. The lowest BCUT2D eigenvalue weighted by Crippen LogP contribution is -2.30. The monoisotopic (exact) mass is 1150 g/mol. The van der Waals surface area contributed by atoms with Gasteiger partial charge in [-0.1, -0.05) is 310 Å². The third-order valence-electron chi connectivity index (χ3n) is 15.2. The van der Waals surface area contributed by atoms with E-state index in [0.29, 0.717) is 19.3 Å². The summed E-state index contributed by atoms with van der Waals surface area (Å²) in [6, 6.07) is 0. The summed E-state index contributed by atoms with van der Waals surface area (Å²) >= 11 is 0. The largest absolute Gasteiger partial charge is 0.462 e. The molecule has 0 rings (SSSR count). The SMILES string of the molecule is CC/C=C\C/C=C\C/C=C\C/C=C\C/C=C\C/C=C\C/C=C\CCCC(=O)OC(COC(=O)CCCCCCC/C=C\CCCCCC)COC(=O)CCCCCCCCCCCCCCCCCCC/C=C\CCCCCCCCCC. The number of hydrogen-bond donors (Lipinski definition) is 0. The summed E-state index contributed by atoms with van der Waals surface area (Å²) in [5, 5.41) is 0. The number of rotatable bonds is 64. The average molecular weight is 1150 g/mol. The molecule has 0 amide bonds. The summed E-state index contributed by atoms with van der Waals surface area (Å²) in [6.45, 7) is 6.49. The predicted molar refractivity (Wildman–Crippen MR) is 362 cm³/mol. The second-order valence-electron chi connectivity index (χ2n) is 23.4. The zero-order valence-corrected chi connectivity index (χ0v) is 54.7. The quantitative estimate of drug-likeness (QED) is 0.0261. The Labute approximate surface area is 514 Å². The molecule has 0 heterocycles. The summed E-state index contributed by atoms with van der Waals surface area (Å²) in [4.78, 5) is 38.4. The third-order valence-corrected chi connectivity index (χ3v) is 15.2. The molecule has 1 unspecified atom stereocenters. The van der Waals surface area contributed by atoms with Crippen LogP contribution in [0.5, 0.6) is 0 Å². The Hall–Kier alpha value is -3.93. The van der Waals surface area contributed by atoms with Crippen LogP contribution >= 0.6 is 0 Å². The molecule has 0 aliphatic heterocycles. The van der Waals surface area contributed by atoms with Crippen molar-refractivity contribution in [3.8, 4) is 0 Å². The Balaban J connectivity index is 4.33. The Morgan fingerprint density at radius 2 is 0.482 bits per heavy atom. The van der Waals surface area contributed by atoms with Gasteiger partial charge in [0.05, 0.1) is 0 Å². The van der Waals surface area contributed by atoms with Gasteiger partial charge in [-0.15, -0.1) is 0 Å². The van der Waals surface area contributed by atoms with Crippen molar-refractivity contribution in [3.63, 3.8) is 0 Å². The smallest absolute Gasteiger partial charge is 0.306 e. The van der Waals surface area contributed by atoms with Gasteiger partial charge in [0, 0.05) is 19.3 Å². The van der Waals surface area contributed by atoms with Gasteiger partial charge in [-0.05, 0) is 122 Å². The normalized spacial score (nSPS) is 12.8. The minimum Gasteiger partial charge on any atom is -0.462 e. The Morgan fingerprint density at radius 3 is 0.795 bits per heavy atom.